The standard InChI is InChI=1S/C15H19FO3/c1-2-9-18-10-11-19-15-12-13(5-3-4-8-17)6-7-14(15)16/h6-7,12,17H,2,4,8-11H2,1H3. The summed E-state index contributed by atoms with van der Waals surface area (Å²) in [6.07, 6.45) is 1.35. The van der Waals surface area contributed by atoms with Gasteiger partial charge in [0.25, 0.3) is 0 Å². The van der Waals surface area contributed by atoms with Gasteiger partial charge in [0.15, 0.2) is 11.6 Å². The maximum absolute atomic E-state index is 13.5. The van der Waals surface area contributed by atoms with Crippen LogP contribution in [0.1, 0.15) is 25.3 Å². The molecule has 0 aliphatic heterocycles. The number of benzene rings is 1. The third kappa shape index (κ3) is 6.23. The average Bonchev–Trinajstić information content (AvgIpc) is 2.42. The van der Waals surface area contributed by atoms with Crippen LogP contribution in [0.4, 0.5) is 4.39 Å². The van der Waals surface area contributed by atoms with Gasteiger partial charge in [-0.3, -0.25) is 0 Å². The molecule has 0 aromatic heterocycles. The molecule has 0 atom stereocenters. The van der Waals surface area contributed by atoms with Crippen molar-refractivity contribution >= 4 is 0 Å². The summed E-state index contributed by atoms with van der Waals surface area (Å²) in [4.78, 5) is 0. The Morgan fingerprint density at radius 1 is 1.26 bits per heavy atom. The molecule has 0 bridgehead atoms. The summed E-state index contributed by atoms with van der Waals surface area (Å²) in [6, 6.07) is 4.46. The van der Waals surface area contributed by atoms with E-state index in [-0.39, 0.29) is 12.4 Å². The average molecular weight is 266 g/mol. The van der Waals surface area contributed by atoms with Crippen molar-refractivity contribution in [2.45, 2.75) is 19.8 Å². The predicted molar refractivity (Wildman–Crippen MR) is 71.6 cm³/mol. The molecular formula is C15H19FO3. The van der Waals surface area contributed by atoms with Crippen molar-refractivity contribution in [3.63, 3.8) is 0 Å². The SMILES string of the molecule is CCCOCCOc1cc(C#CCCO)ccc1F. The van der Waals surface area contributed by atoms with Gasteiger partial charge in [0, 0.05) is 18.6 Å². The van der Waals surface area contributed by atoms with Crippen LogP contribution in [-0.4, -0.2) is 31.5 Å². The molecule has 0 saturated heterocycles. The number of aliphatic hydroxyl groups excluding tert-OH is 1. The van der Waals surface area contributed by atoms with Crippen molar-refractivity contribution in [1.29, 1.82) is 0 Å². The Hall–Kier alpha value is -1.57. The molecule has 1 aromatic carbocycles. The molecular weight excluding hydrogens is 247 g/mol. The number of rotatable bonds is 7. The third-order valence-corrected chi connectivity index (χ3v) is 2.23. The first-order valence-electron chi connectivity index (χ1n) is 6.37. The number of ether oxygens (including phenoxy) is 2. The molecule has 4 heteroatoms. The Morgan fingerprint density at radius 2 is 2.11 bits per heavy atom. The van der Waals surface area contributed by atoms with Crippen LogP contribution in [-0.2, 0) is 4.74 Å². The van der Waals surface area contributed by atoms with Gasteiger partial charge in [-0.1, -0.05) is 18.8 Å². The summed E-state index contributed by atoms with van der Waals surface area (Å²) in [5, 5.41) is 8.63. The molecule has 0 heterocycles. The highest BCUT2D eigenvalue weighted by atomic mass is 19.1. The first kappa shape index (κ1) is 15.5. The molecule has 3 nitrogen and oxygen atoms in total. The zero-order valence-electron chi connectivity index (χ0n) is 11.1. The molecule has 0 saturated carbocycles. The van der Waals surface area contributed by atoms with Crippen LogP contribution in [0.15, 0.2) is 18.2 Å². The fraction of sp³-hybridized carbons (Fsp3) is 0.467. The van der Waals surface area contributed by atoms with E-state index in [1.807, 2.05) is 6.92 Å². The molecule has 0 spiro atoms. The first-order valence-corrected chi connectivity index (χ1v) is 6.37. The minimum atomic E-state index is -0.414. The summed E-state index contributed by atoms with van der Waals surface area (Å²) in [7, 11) is 0. The summed E-state index contributed by atoms with van der Waals surface area (Å²) in [6.45, 7) is 3.47. The third-order valence-electron chi connectivity index (χ3n) is 2.23. The molecule has 0 aliphatic carbocycles. The Balaban J connectivity index is 2.52. The van der Waals surface area contributed by atoms with Crippen molar-refractivity contribution in [3.05, 3.63) is 29.6 Å². The van der Waals surface area contributed by atoms with Gasteiger partial charge in [0.2, 0.25) is 0 Å². The molecule has 19 heavy (non-hydrogen) atoms. The quantitative estimate of drug-likeness (QED) is 0.608. The van der Waals surface area contributed by atoms with Gasteiger partial charge >= 0.3 is 0 Å². The largest absolute Gasteiger partial charge is 0.488 e. The lowest BCUT2D eigenvalue weighted by molar-refractivity contribution is 0.0992. The maximum Gasteiger partial charge on any atom is 0.165 e. The lowest BCUT2D eigenvalue weighted by atomic mass is 10.2. The number of aliphatic hydroxyl groups is 1. The lowest BCUT2D eigenvalue weighted by Gasteiger charge is -2.07. The summed E-state index contributed by atoms with van der Waals surface area (Å²) >= 11 is 0. The highest BCUT2D eigenvalue weighted by Gasteiger charge is 2.03. The second-order valence-electron chi connectivity index (χ2n) is 3.88. The van der Waals surface area contributed by atoms with Gasteiger partial charge in [-0.2, -0.15) is 0 Å². The highest BCUT2D eigenvalue weighted by Crippen LogP contribution is 2.18. The first-order chi connectivity index (χ1) is 9.27. The van der Waals surface area contributed by atoms with Crippen molar-refractivity contribution in [2.24, 2.45) is 0 Å². The van der Waals surface area contributed by atoms with E-state index in [1.54, 1.807) is 12.1 Å². The van der Waals surface area contributed by atoms with Gasteiger partial charge < -0.3 is 14.6 Å². The molecule has 0 unspecified atom stereocenters. The molecule has 0 fully saturated rings. The molecule has 1 aromatic rings. The zero-order valence-corrected chi connectivity index (χ0v) is 11.1. The van der Waals surface area contributed by atoms with Crippen LogP contribution in [0.25, 0.3) is 0 Å². The second kappa shape index (κ2) is 9.37. The Morgan fingerprint density at radius 3 is 2.84 bits per heavy atom. The lowest BCUT2D eigenvalue weighted by Crippen LogP contribution is -2.08. The van der Waals surface area contributed by atoms with E-state index in [9.17, 15) is 4.39 Å². The van der Waals surface area contributed by atoms with Gasteiger partial charge in [0.05, 0.1) is 13.2 Å². The topological polar surface area (TPSA) is 38.7 Å². The monoisotopic (exact) mass is 266 g/mol. The molecule has 104 valence electrons. The van der Waals surface area contributed by atoms with Crippen molar-refractivity contribution in [3.8, 4) is 17.6 Å². The minimum Gasteiger partial charge on any atom is -0.488 e. The van der Waals surface area contributed by atoms with E-state index in [0.29, 0.717) is 31.8 Å². The fourth-order valence-electron chi connectivity index (χ4n) is 1.37. The minimum absolute atomic E-state index is 0.0202. The Kier molecular flexibility index (Phi) is 7.64. The van der Waals surface area contributed by atoms with Crippen molar-refractivity contribution in [1.82, 2.24) is 0 Å². The van der Waals surface area contributed by atoms with Crippen molar-refractivity contribution < 1.29 is 19.0 Å². The maximum atomic E-state index is 13.5. The molecule has 0 aliphatic rings. The van der Waals surface area contributed by atoms with E-state index >= 15 is 0 Å². The molecule has 0 amide bonds. The van der Waals surface area contributed by atoms with Gasteiger partial charge in [0.1, 0.15) is 6.61 Å². The van der Waals surface area contributed by atoms with Crippen LogP contribution < -0.4 is 4.74 Å². The normalized spacial score (nSPS) is 9.84. The highest BCUT2D eigenvalue weighted by molar-refractivity contribution is 5.40. The smallest absolute Gasteiger partial charge is 0.165 e. The van der Waals surface area contributed by atoms with Gasteiger partial charge in [-0.15, -0.1) is 0 Å². The molecule has 1 rings (SSSR count). The van der Waals surface area contributed by atoms with Crippen LogP contribution in [0.2, 0.25) is 0 Å². The van der Waals surface area contributed by atoms with Crippen LogP contribution >= 0.6 is 0 Å². The summed E-state index contributed by atoms with van der Waals surface area (Å²) < 4.78 is 24.0. The van der Waals surface area contributed by atoms with Crippen LogP contribution in [0, 0.1) is 17.7 Å². The zero-order chi connectivity index (χ0) is 13.9. The molecule has 1 N–H and O–H groups in total. The number of hydrogen-bond acceptors (Lipinski definition) is 3. The predicted octanol–water partition coefficient (Wildman–Crippen LogP) is 2.37. The van der Waals surface area contributed by atoms with E-state index < -0.39 is 5.82 Å². The Bertz CT molecular complexity index is 435. The summed E-state index contributed by atoms with van der Waals surface area (Å²) in [5.74, 6) is 5.38. The van der Waals surface area contributed by atoms with Crippen LogP contribution in [0.5, 0.6) is 5.75 Å². The Labute approximate surface area is 113 Å². The second-order valence-corrected chi connectivity index (χ2v) is 3.88. The number of hydrogen-bond donors (Lipinski definition) is 1. The van der Waals surface area contributed by atoms with E-state index in [2.05, 4.69) is 11.8 Å². The fourth-order valence-corrected chi connectivity index (χ4v) is 1.37. The summed E-state index contributed by atoms with van der Waals surface area (Å²) in [5.41, 5.74) is 0.666. The van der Waals surface area contributed by atoms with Crippen molar-refractivity contribution in [2.75, 3.05) is 26.4 Å². The van der Waals surface area contributed by atoms with Crippen LogP contribution in [0.3, 0.4) is 0 Å². The van der Waals surface area contributed by atoms with E-state index in [0.717, 1.165) is 6.42 Å². The van der Waals surface area contributed by atoms with Gasteiger partial charge in [-0.05, 0) is 24.6 Å². The van der Waals surface area contributed by atoms with E-state index in [1.165, 1.54) is 6.07 Å². The number of halogens is 1. The molecule has 0 radical (unpaired) electrons. The van der Waals surface area contributed by atoms with Gasteiger partial charge in [-0.25, -0.2) is 4.39 Å². The van der Waals surface area contributed by atoms with E-state index in [4.69, 9.17) is 14.6 Å².